The van der Waals surface area contributed by atoms with Gasteiger partial charge in [-0.3, -0.25) is 9.67 Å². The first kappa shape index (κ1) is 21.4. The third-order valence-corrected chi connectivity index (χ3v) is 4.63. The van der Waals surface area contributed by atoms with Gasteiger partial charge in [0.1, 0.15) is 0 Å². The van der Waals surface area contributed by atoms with Crippen molar-refractivity contribution in [3.8, 4) is 0 Å². The van der Waals surface area contributed by atoms with Crippen LogP contribution in [0.2, 0.25) is 0 Å². The minimum atomic E-state index is -3.14. The van der Waals surface area contributed by atoms with Crippen molar-refractivity contribution in [2.24, 2.45) is 12.0 Å². The largest absolute Gasteiger partial charge is 0.356 e. The van der Waals surface area contributed by atoms with E-state index in [0.29, 0.717) is 23.9 Å². The predicted octanol–water partition coefficient (Wildman–Crippen LogP) is 1.35. The van der Waals surface area contributed by atoms with E-state index in [1.54, 1.807) is 23.9 Å². The molecule has 0 saturated heterocycles. The normalized spacial score (nSPS) is 11.7. The molecule has 1 aromatic heterocycles. The van der Waals surface area contributed by atoms with E-state index >= 15 is 0 Å². The second-order valence-corrected chi connectivity index (χ2v) is 7.56. The zero-order chi connectivity index (χ0) is 17.6. The molecule has 0 unspecified atom stereocenters. The summed E-state index contributed by atoms with van der Waals surface area (Å²) in [6, 6.07) is 6.95. The third-order valence-electron chi connectivity index (χ3n) is 3.50. The molecule has 2 rings (SSSR count). The Morgan fingerprint density at radius 2 is 1.88 bits per heavy atom. The zero-order valence-electron chi connectivity index (χ0n) is 14.6. The molecule has 0 spiro atoms. The molecular weight excluding hydrogens is 453 g/mol. The van der Waals surface area contributed by atoms with Crippen molar-refractivity contribution in [1.29, 1.82) is 0 Å². The summed E-state index contributed by atoms with van der Waals surface area (Å²) in [7, 11) is 0.461. The molecule has 0 radical (unpaired) electrons. The van der Waals surface area contributed by atoms with Gasteiger partial charge in [-0.1, -0.05) is 12.1 Å². The van der Waals surface area contributed by atoms with Crippen LogP contribution in [0.1, 0.15) is 11.1 Å². The summed E-state index contributed by atoms with van der Waals surface area (Å²) in [6.45, 7) is 1.35. The van der Waals surface area contributed by atoms with E-state index in [-0.39, 0.29) is 24.0 Å². The van der Waals surface area contributed by atoms with Crippen LogP contribution in [-0.4, -0.2) is 44.0 Å². The number of aromatic nitrogens is 2. The molecule has 0 fully saturated rings. The van der Waals surface area contributed by atoms with E-state index in [1.165, 1.54) is 6.26 Å². The number of aliphatic imine (C=N–C) groups is 1. The van der Waals surface area contributed by atoms with Gasteiger partial charge in [-0.15, -0.1) is 24.0 Å². The van der Waals surface area contributed by atoms with Crippen molar-refractivity contribution in [2.75, 3.05) is 19.8 Å². The first-order valence-electron chi connectivity index (χ1n) is 7.59. The zero-order valence-corrected chi connectivity index (χ0v) is 17.7. The lowest BCUT2D eigenvalue weighted by Gasteiger charge is -2.11. The second-order valence-electron chi connectivity index (χ2n) is 5.54. The Kier molecular flexibility index (Phi) is 8.36. The number of benzene rings is 1. The number of hydrogen-bond donors (Lipinski definition) is 2. The quantitative estimate of drug-likeness (QED) is 0.373. The lowest BCUT2D eigenvalue weighted by Crippen LogP contribution is -2.37. The number of hydrogen-bond acceptors (Lipinski definition) is 4. The van der Waals surface area contributed by atoms with Crippen LogP contribution >= 0.6 is 24.0 Å². The highest BCUT2D eigenvalue weighted by molar-refractivity contribution is 14.0. The molecule has 138 valence electrons. The van der Waals surface area contributed by atoms with Crippen LogP contribution in [0, 0.1) is 0 Å². The van der Waals surface area contributed by atoms with E-state index in [9.17, 15) is 8.42 Å². The molecule has 0 atom stereocenters. The topological polar surface area (TPSA) is 88.4 Å². The number of nitrogens with zero attached hydrogens (tertiary/aromatic N) is 3. The molecule has 25 heavy (non-hydrogen) atoms. The summed E-state index contributed by atoms with van der Waals surface area (Å²) in [6.07, 6.45) is 5.74. The average Bonchev–Trinajstić information content (AvgIpc) is 2.96. The summed E-state index contributed by atoms with van der Waals surface area (Å²) in [5, 5.41) is 10.6. The minimum Gasteiger partial charge on any atom is -0.356 e. The lowest BCUT2D eigenvalue weighted by atomic mass is 10.1. The van der Waals surface area contributed by atoms with Gasteiger partial charge in [0.25, 0.3) is 0 Å². The molecule has 1 aromatic carbocycles. The minimum absolute atomic E-state index is 0. The Balaban J connectivity index is 0.00000312. The first-order valence-corrected chi connectivity index (χ1v) is 9.48. The molecule has 2 N–H and O–H groups in total. The molecular formula is C16H24IN5O2S. The summed E-state index contributed by atoms with van der Waals surface area (Å²) in [5.41, 5.74) is 2.15. The highest BCUT2D eigenvalue weighted by Crippen LogP contribution is 2.10. The molecule has 2 aromatic rings. The van der Waals surface area contributed by atoms with Crippen LogP contribution in [0.3, 0.4) is 0 Å². The van der Waals surface area contributed by atoms with E-state index in [4.69, 9.17) is 0 Å². The SMILES string of the molecule is CN=C(NCCc1ccc(S(C)(=O)=O)cc1)NCc1cnn(C)c1.I. The van der Waals surface area contributed by atoms with E-state index in [1.807, 2.05) is 31.6 Å². The molecule has 0 amide bonds. The van der Waals surface area contributed by atoms with Crippen LogP contribution in [0.5, 0.6) is 0 Å². The summed E-state index contributed by atoms with van der Waals surface area (Å²) >= 11 is 0. The van der Waals surface area contributed by atoms with Crippen LogP contribution in [0.25, 0.3) is 0 Å². The van der Waals surface area contributed by atoms with E-state index in [2.05, 4.69) is 20.7 Å². The van der Waals surface area contributed by atoms with Crippen molar-refractivity contribution in [3.05, 3.63) is 47.8 Å². The van der Waals surface area contributed by atoms with Crippen LogP contribution in [0.4, 0.5) is 0 Å². The van der Waals surface area contributed by atoms with Crippen molar-refractivity contribution in [2.45, 2.75) is 17.9 Å². The summed E-state index contributed by atoms with van der Waals surface area (Å²) in [4.78, 5) is 4.52. The standard InChI is InChI=1S/C16H23N5O2S.HI/c1-17-16(19-10-14-11-20-21(2)12-14)18-9-8-13-4-6-15(7-5-13)24(3,22)23;/h4-7,11-12H,8-10H2,1-3H3,(H2,17,18,19);1H. The molecule has 0 aliphatic heterocycles. The predicted molar refractivity (Wildman–Crippen MR) is 110 cm³/mol. The monoisotopic (exact) mass is 477 g/mol. The fourth-order valence-electron chi connectivity index (χ4n) is 2.20. The van der Waals surface area contributed by atoms with Crippen LogP contribution in [0.15, 0.2) is 46.5 Å². The number of halogens is 1. The van der Waals surface area contributed by atoms with Crippen molar-refractivity contribution >= 4 is 39.8 Å². The van der Waals surface area contributed by atoms with E-state index in [0.717, 1.165) is 17.5 Å². The smallest absolute Gasteiger partial charge is 0.191 e. The Hall–Kier alpha value is -1.62. The Labute approximate surface area is 165 Å². The Bertz CT molecular complexity index is 800. The van der Waals surface area contributed by atoms with Gasteiger partial charge in [-0.2, -0.15) is 5.10 Å². The summed E-state index contributed by atoms with van der Waals surface area (Å²) < 4.78 is 24.6. The Morgan fingerprint density at radius 3 is 2.40 bits per heavy atom. The molecule has 9 heteroatoms. The van der Waals surface area contributed by atoms with Gasteiger partial charge in [0.2, 0.25) is 0 Å². The molecule has 7 nitrogen and oxygen atoms in total. The maximum Gasteiger partial charge on any atom is 0.191 e. The number of aryl methyl sites for hydroxylation is 1. The van der Waals surface area contributed by atoms with Crippen molar-refractivity contribution in [3.63, 3.8) is 0 Å². The number of sulfone groups is 1. The van der Waals surface area contributed by atoms with Crippen LogP contribution in [-0.2, 0) is 29.9 Å². The third kappa shape index (κ3) is 7.02. The maximum atomic E-state index is 11.4. The molecule has 0 aliphatic rings. The maximum absolute atomic E-state index is 11.4. The van der Waals surface area contributed by atoms with Crippen molar-refractivity contribution < 1.29 is 8.42 Å². The lowest BCUT2D eigenvalue weighted by molar-refractivity contribution is 0.602. The van der Waals surface area contributed by atoms with Gasteiger partial charge in [0, 0.05) is 45.2 Å². The molecule has 1 heterocycles. The number of nitrogens with one attached hydrogen (secondary N) is 2. The highest BCUT2D eigenvalue weighted by Gasteiger charge is 2.06. The van der Waals surface area contributed by atoms with Gasteiger partial charge in [0.05, 0.1) is 11.1 Å². The van der Waals surface area contributed by atoms with Gasteiger partial charge in [0.15, 0.2) is 15.8 Å². The first-order chi connectivity index (χ1) is 11.4. The van der Waals surface area contributed by atoms with Gasteiger partial charge in [-0.25, -0.2) is 8.42 Å². The van der Waals surface area contributed by atoms with Crippen molar-refractivity contribution in [1.82, 2.24) is 20.4 Å². The summed E-state index contributed by atoms with van der Waals surface area (Å²) in [5.74, 6) is 0.714. The fourth-order valence-corrected chi connectivity index (χ4v) is 2.83. The average molecular weight is 477 g/mol. The van der Waals surface area contributed by atoms with E-state index < -0.39 is 9.84 Å². The highest BCUT2D eigenvalue weighted by atomic mass is 127. The Morgan fingerprint density at radius 1 is 1.20 bits per heavy atom. The fraction of sp³-hybridized carbons (Fsp3) is 0.375. The van der Waals surface area contributed by atoms with Gasteiger partial charge < -0.3 is 10.6 Å². The number of guanidine groups is 1. The van der Waals surface area contributed by atoms with Crippen LogP contribution < -0.4 is 10.6 Å². The van der Waals surface area contributed by atoms with Gasteiger partial charge in [-0.05, 0) is 24.1 Å². The second kappa shape index (κ2) is 9.76. The molecule has 0 saturated carbocycles. The molecule has 0 aliphatic carbocycles. The molecule has 0 bridgehead atoms. The van der Waals surface area contributed by atoms with Gasteiger partial charge >= 0.3 is 0 Å². The number of rotatable bonds is 6.